The molecule has 0 aliphatic heterocycles. The van der Waals surface area contributed by atoms with Crippen molar-refractivity contribution in [2.75, 3.05) is 6.54 Å². The van der Waals surface area contributed by atoms with Crippen LogP contribution in [0.1, 0.15) is 34.3 Å². The Labute approximate surface area is 136 Å². The van der Waals surface area contributed by atoms with Gasteiger partial charge >= 0.3 is 0 Å². The first kappa shape index (κ1) is 14.6. The molecule has 0 saturated heterocycles. The maximum Gasteiger partial charge on any atom is 0.103 e. The van der Waals surface area contributed by atoms with Gasteiger partial charge in [-0.15, -0.1) is 23.1 Å². The molecule has 3 rings (SSSR count). The van der Waals surface area contributed by atoms with E-state index in [1.165, 1.54) is 39.7 Å². The summed E-state index contributed by atoms with van der Waals surface area (Å²) in [6.07, 6.45) is 3.64. The van der Waals surface area contributed by atoms with E-state index in [9.17, 15) is 0 Å². The number of hydrogen-bond donors (Lipinski definition) is 1. The van der Waals surface area contributed by atoms with Crippen LogP contribution in [-0.4, -0.2) is 11.5 Å². The summed E-state index contributed by atoms with van der Waals surface area (Å²) in [5.74, 6) is 1.44. The summed E-state index contributed by atoms with van der Waals surface area (Å²) in [5, 5.41) is 1.24. The predicted octanol–water partition coefficient (Wildman–Crippen LogP) is 4.58. The minimum absolute atomic E-state index is 0.486. The molecule has 1 aromatic carbocycles. The van der Waals surface area contributed by atoms with Crippen molar-refractivity contribution in [3.63, 3.8) is 0 Å². The van der Waals surface area contributed by atoms with Gasteiger partial charge in [0.1, 0.15) is 5.01 Å². The predicted molar refractivity (Wildman–Crippen MR) is 90.6 cm³/mol. The molecule has 106 valence electrons. The zero-order valence-corrected chi connectivity index (χ0v) is 14.4. The van der Waals surface area contributed by atoms with Crippen molar-refractivity contribution in [3.8, 4) is 0 Å². The molecule has 1 aromatic heterocycles. The number of aryl methyl sites for hydroxylation is 1. The summed E-state index contributed by atoms with van der Waals surface area (Å²) >= 11 is 7.24. The monoisotopic (exact) mass is 368 g/mol. The maximum atomic E-state index is 5.86. The zero-order chi connectivity index (χ0) is 13.9. The van der Waals surface area contributed by atoms with Crippen LogP contribution in [0.2, 0.25) is 0 Å². The Kier molecular flexibility index (Phi) is 4.81. The van der Waals surface area contributed by atoms with Crippen LogP contribution in [-0.2, 0) is 12.2 Å². The number of aromatic nitrogens is 1. The van der Waals surface area contributed by atoms with E-state index >= 15 is 0 Å². The van der Waals surface area contributed by atoms with E-state index < -0.39 is 0 Å². The number of thioether (sulfide) groups is 1. The Hall–Kier alpha value is -0.360. The van der Waals surface area contributed by atoms with Gasteiger partial charge in [-0.1, -0.05) is 22.0 Å². The summed E-state index contributed by atoms with van der Waals surface area (Å²) in [4.78, 5) is 7.60. The smallest absolute Gasteiger partial charge is 0.103 e. The lowest BCUT2D eigenvalue weighted by Crippen LogP contribution is -2.17. The molecule has 20 heavy (non-hydrogen) atoms. The zero-order valence-electron chi connectivity index (χ0n) is 11.1. The number of fused-ring (bicyclic) bond motifs is 1. The van der Waals surface area contributed by atoms with Crippen molar-refractivity contribution in [3.05, 3.63) is 44.3 Å². The molecule has 0 radical (unpaired) electrons. The summed E-state index contributed by atoms with van der Waals surface area (Å²) in [6.45, 7) is 0.731. The average molecular weight is 369 g/mol. The highest BCUT2D eigenvalue weighted by atomic mass is 79.9. The summed E-state index contributed by atoms with van der Waals surface area (Å²) in [5.41, 5.74) is 7.15. The molecule has 1 aliphatic rings. The molecule has 2 nitrogen and oxygen atoms in total. The average Bonchev–Trinajstić information content (AvgIpc) is 2.88. The lowest BCUT2D eigenvalue weighted by Gasteiger charge is -2.18. The van der Waals surface area contributed by atoms with Gasteiger partial charge in [-0.3, -0.25) is 0 Å². The van der Waals surface area contributed by atoms with Gasteiger partial charge in [0.2, 0.25) is 0 Å². The fraction of sp³-hybridized carbons (Fsp3) is 0.400. The van der Waals surface area contributed by atoms with Crippen molar-refractivity contribution in [1.29, 1.82) is 0 Å². The molecule has 1 unspecified atom stereocenters. The van der Waals surface area contributed by atoms with Crippen LogP contribution in [0, 0.1) is 0 Å². The Balaban J connectivity index is 1.71. The third-order valence-electron chi connectivity index (χ3n) is 3.56. The van der Waals surface area contributed by atoms with Crippen LogP contribution in [0.3, 0.4) is 0 Å². The van der Waals surface area contributed by atoms with Gasteiger partial charge in [-0.2, -0.15) is 0 Å². The number of hydrogen-bond acceptors (Lipinski definition) is 4. The number of nitrogens with zero attached hydrogens (tertiary/aromatic N) is 1. The second-order valence-electron chi connectivity index (χ2n) is 4.99. The fourth-order valence-electron chi connectivity index (χ4n) is 2.55. The first-order valence-corrected chi connectivity index (χ1v) is 9.42. The third-order valence-corrected chi connectivity index (χ3v) is 6.37. The molecule has 1 heterocycles. The van der Waals surface area contributed by atoms with E-state index in [1.54, 1.807) is 0 Å². The minimum atomic E-state index is 0.486. The Bertz CT molecular complexity index is 597. The van der Waals surface area contributed by atoms with Crippen molar-refractivity contribution < 1.29 is 0 Å². The number of rotatable bonds is 4. The van der Waals surface area contributed by atoms with Gasteiger partial charge in [0.15, 0.2) is 0 Å². The van der Waals surface area contributed by atoms with Crippen molar-refractivity contribution in [2.24, 2.45) is 5.73 Å². The van der Waals surface area contributed by atoms with Crippen molar-refractivity contribution in [1.82, 2.24) is 4.98 Å². The lowest BCUT2D eigenvalue weighted by molar-refractivity contribution is 0.553. The van der Waals surface area contributed by atoms with E-state index in [0.29, 0.717) is 5.92 Å². The van der Waals surface area contributed by atoms with E-state index in [4.69, 9.17) is 10.7 Å². The molecule has 1 aliphatic carbocycles. The van der Waals surface area contributed by atoms with Crippen LogP contribution >= 0.6 is 39.0 Å². The van der Waals surface area contributed by atoms with Crippen LogP contribution in [0.4, 0.5) is 0 Å². The van der Waals surface area contributed by atoms with E-state index in [2.05, 4.69) is 40.2 Å². The number of halogens is 1. The molecule has 0 bridgehead atoms. The Morgan fingerprint density at radius 1 is 1.45 bits per heavy atom. The summed E-state index contributed by atoms with van der Waals surface area (Å²) in [6, 6.07) is 8.42. The van der Waals surface area contributed by atoms with Gasteiger partial charge in [-0.05, 0) is 37.5 Å². The van der Waals surface area contributed by atoms with Gasteiger partial charge in [0.05, 0.1) is 11.4 Å². The van der Waals surface area contributed by atoms with Crippen LogP contribution in [0.5, 0.6) is 0 Å². The number of thiazole rings is 1. The molecule has 0 amide bonds. The van der Waals surface area contributed by atoms with Crippen molar-refractivity contribution in [2.45, 2.75) is 35.8 Å². The Morgan fingerprint density at radius 3 is 3.15 bits per heavy atom. The Morgan fingerprint density at radius 2 is 2.35 bits per heavy atom. The van der Waals surface area contributed by atoms with E-state index in [-0.39, 0.29) is 0 Å². The first-order valence-electron chi connectivity index (χ1n) is 6.83. The minimum Gasteiger partial charge on any atom is -0.330 e. The highest BCUT2D eigenvalue weighted by Gasteiger charge is 2.23. The molecule has 2 N–H and O–H groups in total. The number of nitrogens with two attached hydrogens (primary N) is 1. The maximum absolute atomic E-state index is 5.86. The first-order chi connectivity index (χ1) is 9.76. The van der Waals surface area contributed by atoms with Crippen LogP contribution in [0.25, 0.3) is 0 Å². The second kappa shape index (κ2) is 6.60. The molecule has 0 spiro atoms. The van der Waals surface area contributed by atoms with Crippen LogP contribution < -0.4 is 5.73 Å². The van der Waals surface area contributed by atoms with Gasteiger partial charge in [-0.25, -0.2) is 4.98 Å². The van der Waals surface area contributed by atoms with Gasteiger partial charge in [0.25, 0.3) is 0 Å². The van der Waals surface area contributed by atoms with Gasteiger partial charge in [0, 0.05) is 26.7 Å². The third kappa shape index (κ3) is 3.27. The van der Waals surface area contributed by atoms with E-state index in [0.717, 1.165) is 16.8 Å². The largest absolute Gasteiger partial charge is 0.330 e. The highest BCUT2D eigenvalue weighted by Crippen LogP contribution is 2.36. The molecule has 2 aromatic rings. The van der Waals surface area contributed by atoms with Crippen LogP contribution in [0.15, 0.2) is 33.6 Å². The SMILES string of the molecule is NCC1CCCc2sc(CSc3cccc(Br)c3)nc21. The normalized spacial score (nSPS) is 18.0. The summed E-state index contributed by atoms with van der Waals surface area (Å²) in [7, 11) is 0. The van der Waals surface area contributed by atoms with Crippen molar-refractivity contribution >= 4 is 39.0 Å². The topological polar surface area (TPSA) is 38.9 Å². The molecular formula is C15H17BrN2S2. The molecule has 0 fully saturated rings. The second-order valence-corrected chi connectivity index (χ2v) is 8.12. The standard InChI is InChI=1S/C15H17BrN2S2/c16-11-4-2-5-12(7-11)19-9-14-18-15-10(8-17)3-1-6-13(15)20-14/h2,4-5,7,10H,1,3,6,8-9,17H2. The lowest BCUT2D eigenvalue weighted by atomic mass is 9.91. The molecule has 5 heteroatoms. The fourth-order valence-corrected chi connectivity index (χ4v) is 5.25. The molecule has 1 atom stereocenters. The number of benzene rings is 1. The highest BCUT2D eigenvalue weighted by molar-refractivity contribution is 9.10. The summed E-state index contributed by atoms with van der Waals surface area (Å²) < 4.78 is 1.13. The van der Waals surface area contributed by atoms with E-state index in [1.807, 2.05) is 23.1 Å². The quantitative estimate of drug-likeness (QED) is 0.802. The van der Waals surface area contributed by atoms with Gasteiger partial charge < -0.3 is 5.73 Å². The molecule has 0 saturated carbocycles. The molecular weight excluding hydrogens is 352 g/mol.